The van der Waals surface area contributed by atoms with Crippen molar-refractivity contribution in [3.05, 3.63) is 35.4 Å². The van der Waals surface area contributed by atoms with Gasteiger partial charge in [-0.3, -0.25) is 4.79 Å². The Balaban J connectivity index is 2.10. The third-order valence-electron chi connectivity index (χ3n) is 7.07. The molecule has 0 saturated carbocycles. The van der Waals surface area contributed by atoms with Crippen molar-refractivity contribution in [2.24, 2.45) is 0 Å². The third-order valence-corrected chi connectivity index (χ3v) is 7.07. The van der Waals surface area contributed by atoms with Gasteiger partial charge in [-0.05, 0) is 43.9 Å². The molecule has 0 aliphatic heterocycles. The molecule has 1 aromatic carbocycles. The first kappa shape index (κ1) is 30.7. The second-order valence-electron chi connectivity index (χ2n) is 10.4. The van der Waals surface area contributed by atoms with Crippen molar-refractivity contribution in [3.8, 4) is 0 Å². The molecule has 2 atom stereocenters. The third kappa shape index (κ3) is 15.5. The Kier molecular flexibility index (Phi) is 18.9. The number of aryl methyl sites for hydroxylation is 1. The number of carbonyl (C=O) groups excluding carboxylic acids is 1. The van der Waals surface area contributed by atoms with Crippen LogP contribution in [0.15, 0.2) is 24.3 Å². The summed E-state index contributed by atoms with van der Waals surface area (Å²) in [6.45, 7) is 6.42. The summed E-state index contributed by atoms with van der Waals surface area (Å²) in [6, 6.07) is 7.76. The van der Waals surface area contributed by atoms with Crippen molar-refractivity contribution in [3.63, 3.8) is 0 Å². The molecule has 0 aliphatic rings. The fourth-order valence-electron chi connectivity index (χ4n) is 4.59. The van der Waals surface area contributed by atoms with E-state index in [4.69, 9.17) is 0 Å². The van der Waals surface area contributed by atoms with Crippen LogP contribution in [0.4, 0.5) is 0 Å². The number of hydrogen-bond acceptors (Lipinski definition) is 2. The molecular formula is C31H55NO2. The van der Waals surface area contributed by atoms with E-state index in [1.54, 1.807) is 0 Å². The average Bonchev–Trinajstić information content (AvgIpc) is 2.84. The summed E-state index contributed by atoms with van der Waals surface area (Å²) in [7, 11) is 0. The van der Waals surface area contributed by atoms with Gasteiger partial charge in [0.25, 0.3) is 5.91 Å². The summed E-state index contributed by atoms with van der Waals surface area (Å²) in [5.74, 6) is -0.0873. The standard InChI is InChI=1S/C31H55NO2/c1-4-6-8-10-11-12-13-14-15-16-18-20-22-30(33)27(3)32-31(34)29-25-23-28(24-26-29)21-19-17-9-7-5-2/h23-27,30,33H,4-22H2,1-3H3,(H,32,34)/t27-,30-/m0/s1. The van der Waals surface area contributed by atoms with Crippen LogP contribution >= 0.6 is 0 Å². The minimum Gasteiger partial charge on any atom is -0.391 e. The molecule has 0 unspecified atom stereocenters. The summed E-state index contributed by atoms with van der Waals surface area (Å²) >= 11 is 0. The Morgan fingerprint density at radius 1 is 0.706 bits per heavy atom. The molecule has 1 rings (SSSR count). The van der Waals surface area contributed by atoms with Crippen LogP contribution in [0.2, 0.25) is 0 Å². The van der Waals surface area contributed by atoms with Gasteiger partial charge in [-0.15, -0.1) is 0 Å². The van der Waals surface area contributed by atoms with Gasteiger partial charge in [0.15, 0.2) is 0 Å². The Morgan fingerprint density at radius 2 is 1.15 bits per heavy atom. The van der Waals surface area contributed by atoms with E-state index in [-0.39, 0.29) is 11.9 Å². The molecule has 1 amide bonds. The maximum absolute atomic E-state index is 12.6. The first-order valence-electron chi connectivity index (χ1n) is 14.7. The van der Waals surface area contributed by atoms with Crippen molar-refractivity contribution < 1.29 is 9.90 Å². The SMILES string of the molecule is CCCCCCCCCCCCCC[C@H](O)[C@H](C)NC(=O)c1ccc(CCCCCCC)cc1. The van der Waals surface area contributed by atoms with E-state index in [0.717, 1.165) is 19.3 Å². The van der Waals surface area contributed by atoms with Crippen LogP contribution in [0.25, 0.3) is 0 Å². The Morgan fingerprint density at radius 3 is 1.65 bits per heavy atom. The fraction of sp³-hybridized carbons (Fsp3) is 0.774. The first-order valence-corrected chi connectivity index (χ1v) is 14.7. The maximum atomic E-state index is 12.6. The molecule has 34 heavy (non-hydrogen) atoms. The number of unbranched alkanes of at least 4 members (excludes halogenated alkanes) is 15. The smallest absolute Gasteiger partial charge is 0.251 e. The highest BCUT2D eigenvalue weighted by atomic mass is 16.3. The average molecular weight is 474 g/mol. The van der Waals surface area contributed by atoms with Gasteiger partial charge >= 0.3 is 0 Å². The highest BCUT2D eigenvalue weighted by Crippen LogP contribution is 2.14. The number of carbonyl (C=O) groups is 1. The quantitative estimate of drug-likeness (QED) is 0.165. The van der Waals surface area contributed by atoms with Gasteiger partial charge in [-0.2, -0.15) is 0 Å². The molecule has 0 spiro atoms. The van der Waals surface area contributed by atoms with Crippen LogP contribution in [0.3, 0.4) is 0 Å². The van der Waals surface area contributed by atoms with Gasteiger partial charge in [0.1, 0.15) is 0 Å². The van der Waals surface area contributed by atoms with Gasteiger partial charge in [-0.1, -0.05) is 129 Å². The number of rotatable bonds is 22. The largest absolute Gasteiger partial charge is 0.391 e. The van der Waals surface area contributed by atoms with E-state index in [2.05, 4.69) is 31.3 Å². The molecular weight excluding hydrogens is 418 g/mol. The number of amides is 1. The molecule has 0 fully saturated rings. The van der Waals surface area contributed by atoms with Gasteiger partial charge in [0.2, 0.25) is 0 Å². The predicted molar refractivity (Wildman–Crippen MR) is 148 cm³/mol. The van der Waals surface area contributed by atoms with Crippen LogP contribution in [-0.2, 0) is 6.42 Å². The molecule has 1 aromatic rings. The van der Waals surface area contributed by atoms with E-state index >= 15 is 0 Å². The normalized spacial score (nSPS) is 13.1. The zero-order chi connectivity index (χ0) is 24.9. The monoisotopic (exact) mass is 473 g/mol. The van der Waals surface area contributed by atoms with E-state index in [1.165, 1.54) is 108 Å². The molecule has 196 valence electrons. The summed E-state index contributed by atoms with van der Waals surface area (Å²) in [4.78, 5) is 12.6. The lowest BCUT2D eigenvalue weighted by Crippen LogP contribution is -2.41. The number of aliphatic hydroxyl groups is 1. The lowest BCUT2D eigenvalue weighted by molar-refractivity contribution is 0.0831. The molecule has 0 saturated heterocycles. The number of aliphatic hydroxyl groups excluding tert-OH is 1. The number of nitrogens with one attached hydrogen (secondary N) is 1. The minimum atomic E-state index is -0.477. The molecule has 0 radical (unpaired) electrons. The van der Waals surface area contributed by atoms with E-state index in [1.807, 2.05) is 19.1 Å². The van der Waals surface area contributed by atoms with Crippen LogP contribution < -0.4 is 5.32 Å². The Bertz CT molecular complexity index is 598. The van der Waals surface area contributed by atoms with Crippen LogP contribution in [0.1, 0.15) is 152 Å². The summed E-state index contributed by atoms with van der Waals surface area (Å²) < 4.78 is 0. The summed E-state index contributed by atoms with van der Waals surface area (Å²) in [6.07, 6.45) is 23.6. The fourth-order valence-corrected chi connectivity index (χ4v) is 4.59. The van der Waals surface area contributed by atoms with Crippen molar-refractivity contribution in [1.82, 2.24) is 5.32 Å². The topological polar surface area (TPSA) is 49.3 Å². The second-order valence-corrected chi connectivity index (χ2v) is 10.4. The molecule has 0 aliphatic carbocycles. The molecule has 3 nitrogen and oxygen atoms in total. The highest BCUT2D eigenvalue weighted by molar-refractivity contribution is 5.94. The van der Waals surface area contributed by atoms with Gasteiger partial charge in [-0.25, -0.2) is 0 Å². The Hall–Kier alpha value is -1.35. The molecule has 0 heterocycles. The van der Waals surface area contributed by atoms with E-state index in [0.29, 0.717) is 5.56 Å². The summed E-state index contributed by atoms with van der Waals surface area (Å²) in [5, 5.41) is 13.4. The zero-order valence-electron chi connectivity index (χ0n) is 22.8. The highest BCUT2D eigenvalue weighted by Gasteiger charge is 2.17. The lowest BCUT2D eigenvalue weighted by Gasteiger charge is -2.20. The Labute approximate surface area is 211 Å². The summed E-state index contributed by atoms with van der Waals surface area (Å²) in [5.41, 5.74) is 1.98. The van der Waals surface area contributed by atoms with Crippen molar-refractivity contribution >= 4 is 5.91 Å². The second kappa shape index (κ2) is 21.0. The van der Waals surface area contributed by atoms with Crippen molar-refractivity contribution in [2.75, 3.05) is 0 Å². The molecule has 3 heteroatoms. The van der Waals surface area contributed by atoms with Crippen LogP contribution in [-0.4, -0.2) is 23.2 Å². The van der Waals surface area contributed by atoms with Gasteiger partial charge in [0.05, 0.1) is 12.1 Å². The first-order chi connectivity index (χ1) is 16.6. The van der Waals surface area contributed by atoms with E-state index < -0.39 is 6.10 Å². The van der Waals surface area contributed by atoms with Crippen LogP contribution in [0.5, 0.6) is 0 Å². The molecule has 2 N–H and O–H groups in total. The van der Waals surface area contributed by atoms with Gasteiger partial charge in [0, 0.05) is 5.56 Å². The predicted octanol–water partition coefficient (Wildman–Crippen LogP) is 8.77. The number of benzene rings is 1. The maximum Gasteiger partial charge on any atom is 0.251 e. The minimum absolute atomic E-state index is 0.0873. The van der Waals surface area contributed by atoms with Crippen molar-refractivity contribution in [1.29, 1.82) is 0 Å². The van der Waals surface area contributed by atoms with E-state index in [9.17, 15) is 9.90 Å². The van der Waals surface area contributed by atoms with Crippen molar-refractivity contribution in [2.45, 2.75) is 155 Å². The lowest BCUT2D eigenvalue weighted by atomic mass is 10.0. The molecule has 0 aromatic heterocycles. The van der Waals surface area contributed by atoms with Gasteiger partial charge < -0.3 is 10.4 Å². The number of hydrogen-bond donors (Lipinski definition) is 2. The van der Waals surface area contributed by atoms with Crippen LogP contribution in [0, 0.1) is 0 Å². The zero-order valence-corrected chi connectivity index (χ0v) is 22.8. The molecule has 0 bridgehead atoms.